The van der Waals surface area contributed by atoms with E-state index in [4.69, 9.17) is 4.74 Å². The molecule has 1 rings (SSSR count). The summed E-state index contributed by atoms with van der Waals surface area (Å²) < 4.78 is 5.25. The molecule has 1 fully saturated rings. The van der Waals surface area contributed by atoms with Gasteiger partial charge in [0.2, 0.25) is 5.91 Å². The van der Waals surface area contributed by atoms with Crippen LogP contribution in [0.1, 0.15) is 20.8 Å². The lowest BCUT2D eigenvalue weighted by Crippen LogP contribution is -2.62. The molecule has 1 aliphatic rings. The van der Waals surface area contributed by atoms with Crippen LogP contribution in [0.25, 0.3) is 0 Å². The van der Waals surface area contributed by atoms with E-state index in [1.165, 1.54) is 0 Å². The number of carbonyl (C=O) groups is 1. The van der Waals surface area contributed by atoms with E-state index in [1.807, 2.05) is 26.8 Å². The molecule has 0 bridgehead atoms. The highest BCUT2D eigenvalue weighted by Gasteiger charge is 2.41. The number of hydrogen-bond acceptors (Lipinski definition) is 2. The second-order valence-corrected chi connectivity index (χ2v) is 3.79. The van der Waals surface area contributed by atoms with Gasteiger partial charge in [0.1, 0.15) is 5.60 Å². The minimum atomic E-state index is -0.121. The fourth-order valence-corrected chi connectivity index (χ4v) is 1.41. The molecule has 0 aromatic heterocycles. The van der Waals surface area contributed by atoms with Gasteiger partial charge in [-0.2, -0.15) is 0 Å². The minimum Gasteiger partial charge on any atom is -0.375 e. The first-order chi connectivity index (χ1) is 6.02. The van der Waals surface area contributed by atoms with Crippen LogP contribution in [0.2, 0.25) is 0 Å². The molecular formula is C10H17NO2. The highest BCUT2D eigenvalue weighted by atomic mass is 16.5. The first-order valence-electron chi connectivity index (χ1n) is 4.50. The number of allylic oxidation sites excluding steroid dienone is 1. The third-order valence-corrected chi connectivity index (χ3v) is 2.60. The molecule has 1 aliphatic heterocycles. The average Bonchev–Trinajstić information content (AvgIpc) is 2.10. The minimum absolute atomic E-state index is 0.121. The van der Waals surface area contributed by atoms with E-state index in [0.29, 0.717) is 13.1 Å². The molecule has 0 spiro atoms. The molecule has 0 unspecified atom stereocenters. The molecule has 74 valence electrons. The number of likely N-dealkylation sites (tertiary alicyclic amines) is 1. The van der Waals surface area contributed by atoms with E-state index in [9.17, 15) is 4.79 Å². The summed E-state index contributed by atoms with van der Waals surface area (Å²) >= 11 is 0. The summed E-state index contributed by atoms with van der Waals surface area (Å²) in [7, 11) is 1.68. The van der Waals surface area contributed by atoms with E-state index in [1.54, 1.807) is 12.0 Å². The van der Waals surface area contributed by atoms with Crippen LogP contribution in [-0.2, 0) is 9.53 Å². The fourth-order valence-electron chi connectivity index (χ4n) is 1.41. The lowest BCUT2D eigenvalue weighted by Gasteiger charge is -2.46. The number of rotatable bonds is 2. The van der Waals surface area contributed by atoms with Crippen molar-refractivity contribution in [1.82, 2.24) is 4.90 Å². The topological polar surface area (TPSA) is 29.5 Å². The van der Waals surface area contributed by atoms with Gasteiger partial charge in [0.25, 0.3) is 0 Å². The maximum absolute atomic E-state index is 11.6. The van der Waals surface area contributed by atoms with Crippen molar-refractivity contribution >= 4 is 5.91 Å². The largest absolute Gasteiger partial charge is 0.375 e. The van der Waals surface area contributed by atoms with Crippen LogP contribution in [0.4, 0.5) is 0 Å². The molecule has 0 saturated carbocycles. The van der Waals surface area contributed by atoms with Crippen molar-refractivity contribution in [2.45, 2.75) is 26.4 Å². The number of methoxy groups -OCH3 is 1. The summed E-state index contributed by atoms with van der Waals surface area (Å²) in [6, 6.07) is 0. The summed E-state index contributed by atoms with van der Waals surface area (Å²) in [6.07, 6.45) is 1.84. The Morgan fingerprint density at radius 1 is 1.54 bits per heavy atom. The second-order valence-electron chi connectivity index (χ2n) is 3.79. The van der Waals surface area contributed by atoms with Gasteiger partial charge in [-0.15, -0.1) is 0 Å². The number of carbonyl (C=O) groups excluding carboxylic acids is 1. The Labute approximate surface area is 79.4 Å². The highest BCUT2D eigenvalue weighted by Crippen LogP contribution is 2.24. The number of amides is 1. The molecular weight excluding hydrogens is 166 g/mol. The van der Waals surface area contributed by atoms with Crippen molar-refractivity contribution in [3.05, 3.63) is 11.6 Å². The molecule has 1 heterocycles. The van der Waals surface area contributed by atoms with Crippen molar-refractivity contribution in [3.8, 4) is 0 Å². The number of hydrogen-bond donors (Lipinski definition) is 0. The SMILES string of the molecule is C/C=C(\C)C(=O)N1CC(C)(OC)C1. The summed E-state index contributed by atoms with van der Waals surface area (Å²) in [5.74, 6) is 0.122. The van der Waals surface area contributed by atoms with Crippen LogP contribution < -0.4 is 0 Å². The van der Waals surface area contributed by atoms with Crippen LogP contribution in [0, 0.1) is 0 Å². The predicted octanol–water partition coefficient (Wildman–Crippen LogP) is 1.20. The normalized spacial score (nSPS) is 21.2. The predicted molar refractivity (Wildman–Crippen MR) is 51.4 cm³/mol. The Balaban J connectivity index is 2.49. The van der Waals surface area contributed by atoms with Crippen LogP contribution in [0.5, 0.6) is 0 Å². The molecule has 3 nitrogen and oxygen atoms in total. The van der Waals surface area contributed by atoms with Gasteiger partial charge < -0.3 is 9.64 Å². The summed E-state index contributed by atoms with van der Waals surface area (Å²) in [5, 5.41) is 0. The molecule has 0 aromatic carbocycles. The van der Waals surface area contributed by atoms with Gasteiger partial charge in [-0.1, -0.05) is 6.08 Å². The van der Waals surface area contributed by atoms with Crippen LogP contribution in [0.15, 0.2) is 11.6 Å². The maximum atomic E-state index is 11.6. The molecule has 0 aromatic rings. The second kappa shape index (κ2) is 3.50. The van der Waals surface area contributed by atoms with Crippen molar-refractivity contribution < 1.29 is 9.53 Å². The van der Waals surface area contributed by atoms with Gasteiger partial charge in [-0.25, -0.2) is 0 Å². The van der Waals surface area contributed by atoms with Gasteiger partial charge in [-0.3, -0.25) is 4.79 Å². The Kier molecular flexibility index (Phi) is 2.76. The summed E-state index contributed by atoms with van der Waals surface area (Å²) in [5.41, 5.74) is 0.682. The van der Waals surface area contributed by atoms with Crippen molar-refractivity contribution in [1.29, 1.82) is 0 Å². The molecule has 0 N–H and O–H groups in total. The van der Waals surface area contributed by atoms with E-state index < -0.39 is 0 Å². The van der Waals surface area contributed by atoms with Gasteiger partial charge in [0.15, 0.2) is 0 Å². The monoisotopic (exact) mass is 183 g/mol. The first-order valence-corrected chi connectivity index (χ1v) is 4.50. The van der Waals surface area contributed by atoms with Crippen LogP contribution in [-0.4, -0.2) is 36.6 Å². The van der Waals surface area contributed by atoms with Crippen LogP contribution in [0.3, 0.4) is 0 Å². The van der Waals surface area contributed by atoms with Crippen LogP contribution >= 0.6 is 0 Å². The van der Waals surface area contributed by atoms with E-state index in [2.05, 4.69) is 0 Å². The van der Waals surface area contributed by atoms with E-state index >= 15 is 0 Å². The molecule has 0 atom stereocenters. The standard InChI is InChI=1S/C10H17NO2/c1-5-8(2)9(12)11-6-10(3,7-11)13-4/h5H,6-7H2,1-4H3/b8-5+. The van der Waals surface area contributed by atoms with Gasteiger partial charge >= 0.3 is 0 Å². The maximum Gasteiger partial charge on any atom is 0.249 e. The van der Waals surface area contributed by atoms with E-state index in [0.717, 1.165) is 5.57 Å². The number of ether oxygens (including phenoxy) is 1. The van der Waals surface area contributed by atoms with Gasteiger partial charge in [0, 0.05) is 12.7 Å². The van der Waals surface area contributed by atoms with E-state index in [-0.39, 0.29) is 11.5 Å². The molecule has 1 saturated heterocycles. The Morgan fingerprint density at radius 2 is 2.08 bits per heavy atom. The first kappa shape index (κ1) is 10.3. The lowest BCUT2D eigenvalue weighted by atomic mass is 9.95. The van der Waals surface area contributed by atoms with Crippen molar-refractivity contribution in [2.24, 2.45) is 0 Å². The smallest absolute Gasteiger partial charge is 0.249 e. The average molecular weight is 183 g/mol. The summed E-state index contributed by atoms with van der Waals surface area (Å²) in [6.45, 7) is 7.14. The van der Waals surface area contributed by atoms with Gasteiger partial charge in [-0.05, 0) is 20.8 Å². The van der Waals surface area contributed by atoms with Gasteiger partial charge in [0.05, 0.1) is 13.1 Å². The van der Waals surface area contributed by atoms with Crippen molar-refractivity contribution in [3.63, 3.8) is 0 Å². The zero-order valence-corrected chi connectivity index (χ0v) is 8.76. The van der Waals surface area contributed by atoms with Crippen molar-refractivity contribution in [2.75, 3.05) is 20.2 Å². The molecule has 1 amide bonds. The molecule has 13 heavy (non-hydrogen) atoms. The summed E-state index contributed by atoms with van der Waals surface area (Å²) in [4.78, 5) is 13.4. The zero-order valence-electron chi connectivity index (χ0n) is 8.76. The molecule has 3 heteroatoms. The lowest BCUT2D eigenvalue weighted by molar-refractivity contribution is -0.153. The Morgan fingerprint density at radius 3 is 2.46 bits per heavy atom. The quantitative estimate of drug-likeness (QED) is 0.602. The molecule has 0 aliphatic carbocycles. The zero-order chi connectivity index (χ0) is 10.1. The third kappa shape index (κ3) is 1.91. The Bertz CT molecular complexity index is 239. The highest BCUT2D eigenvalue weighted by molar-refractivity contribution is 5.93. The molecule has 0 radical (unpaired) electrons. The fraction of sp³-hybridized carbons (Fsp3) is 0.700. The Hall–Kier alpha value is -0.830. The number of nitrogens with zero attached hydrogens (tertiary/aromatic N) is 1. The third-order valence-electron chi connectivity index (χ3n) is 2.60.